The van der Waals surface area contributed by atoms with Crippen LogP contribution in [0.3, 0.4) is 0 Å². The van der Waals surface area contributed by atoms with E-state index in [-0.39, 0.29) is 57.0 Å². The Labute approximate surface area is 167 Å². The molecule has 0 aromatic heterocycles. The fourth-order valence-corrected chi connectivity index (χ4v) is 4.57. The molecule has 0 saturated carbocycles. The molecule has 23 heavy (non-hydrogen) atoms. The van der Waals surface area contributed by atoms with Crippen molar-refractivity contribution < 1.29 is 32.8 Å². The Morgan fingerprint density at radius 1 is 0.957 bits per heavy atom. The van der Waals surface area contributed by atoms with Gasteiger partial charge in [-0.2, -0.15) is 8.42 Å². The van der Waals surface area contributed by atoms with Crippen molar-refractivity contribution in [2.45, 2.75) is 70.5 Å². The molecule has 0 saturated heterocycles. The second-order valence-electron chi connectivity index (χ2n) is 5.48. The van der Waals surface area contributed by atoms with Crippen LogP contribution >= 0.6 is 0 Å². The molecule has 0 spiro atoms. The predicted octanol–water partition coefficient (Wildman–Crippen LogP) is -0.491. The summed E-state index contributed by atoms with van der Waals surface area (Å²) in [6, 6.07) is 0. The van der Waals surface area contributed by atoms with Gasteiger partial charge in [-0.05, 0) is 19.3 Å². The van der Waals surface area contributed by atoms with Crippen LogP contribution < -0.4 is 10.2 Å². The van der Waals surface area contributed by atoms with Gasteiger partial charge in [-0.25, -0.2) is 0 Å². The number of aliphatic carboxylic acids is 2. The molecule has 0 bridgehead atoms. The van der Waals surface area contributed by atoms with Gasteiger partial charge >= 0.3 is 37.7 Å². The Balaban J connectivity index is 0. The van der Waals surface area contributed by atoms with Crippen LogP contribution in [0.4, 0.5) is 0 Å². The number of hydrogen-bond acceptors (Lipinski definition) is 6. The van der Waals surface area contributed by atoms with E-state index in [1.807, 2.05) is 6.92 Å². The summed E-state index contributed by atoms with van der Waals surface area (Å²) in [6.07, 6.45) is 1.10. The minimum absolute atomic E-state index is 0. The third-order valence-electron chi connectivity index (χ3n) is 4.52. The number of rotatable bonds is 11. The maximum Gasteiger partial charge on any atom is 2.00 e. The number of carbonyl (C=O) groups is 2. The van der Waals surface area contributed by atoms with E-state index in [0.717, 1.165) is 12.8 Å². The Kier molecular flexibility index (Phi) is 11.2. The number of carboxylic acid groups (broad SMARTS) is 2. The van der Waals surface area contributed by atoms with Gasteiger partial charge in [0.25, 0.3) is 10.1 Å². The number of carbonyl (C=O) groups excluding carboxylic acids is 2. The molecule has 1 atom stereocenters. The van der Waals surface area contributed by atoms with E-state index in [2.05, 4.69) is 0 Å². The zero-order valence-corrected chi connectivity index (χ0v) is 17.0. The molecule has 0 aliphatic rings. The Bertz CT molecular complexity index is 499. The topological polar surface area (TPSA) is 135 Å². The van der Waals surface area contributed by atoms with Gasteiger partial charge in [-0.1, -0.05) is 46.5 Å². The SMILES string of the molecule is CCCCCCC(C(=O)[O-])(C(CC)(CC)C(=O)[O-])S(=O)(=O)O.[Ca+2]. The standard InChI is InChI=1S/C14H26O7S.Ca/c1-4-7-8-9-10-14(12(17)18,22(19,20)21)13(5-2,6-3)11(15)16;/h4-10H2,1-3H3,(H,15,16)(H,17,18)(H,19,20,21);/q;+2/p-2. The molecule has 130 valence electrons. The molecule has 1 N–H and O–H groups in total. The van der Waals surface area contributed by atoms with Crippen LogP contribution in [0.15, 0.2) is 0 Å². The second kappa shape index (κ2) is 10.2. The molecule has 0 rings (SSSR count). The summed E-state index contributed by atoms with van der Waals surface area (Å²) in [6.45, 7) is 4.63. The number of hydrogen-bond donors (Lipinski definition) is 1. The molecule has 0 aromatic rings. The van der Waals surface area contributed by atoms with Crippen molar-refractivity contribution in [3.63, 3.8) is 0 Å². The van der Waals surface area contributed by atoms with Crippen molar-refractivity contribution in [2.24, 2.45) is 5.41 Å². The molecule has 1 unspecified atom stereocenters. The van der Waals surface area contributed by atoms with Gasteiger partial charge in [0.15, 0.2) is 0 Å². The van der Waals surface area contributed by atoms with Gasteiger partial charge in [0.2, 0.25) is 0 Å². The van der Waals surface area contributed by atoms with Gasteiger partial charge in [0.05, 0.1) is 5.97 Å². The van der Waals surface area contributed by atoms with Crippen molar-refractivity contribution in [3.8, 4) is 0 Å². The summed E-state index contributed by atoms with van der Waals surface area (Å²) in [5, 5.41) is 23.3. The minimum atomic E-state index is -5.22. The summed E-state index contributed by atoms with van der Waals surface area (Å²) in [7, 11) is -5.22. The third-order valence-corrected chi connectivity index (χ3v) is 6.17. The largest absolute Gasteiger partial charge is 2.00 e. The third kappa shape index (κ3) is 4.81. The molecule has 0 heterocycles. The summed E-state index contributed by atoms with van der Waals surface area (Å²) < 4.78 is 30.4. The van der Waals surface area contributed by atoms with Gasteiger partial charge in [0, 0.05) is 11.4 Å². The van der Waals surface area contributed by atoms with Crippen LogP contribution in [0.5, 0.6) is 0 Å². The van der Waals surface area contributed by atoms with E-state index < -0.39 is 38.6 Å². The summed E-state index contributed by atoms with van der Waals surface area (Å²) in [4.78, 5) is 23.3. The number of unbranched alkanes of at least 4 members (excludes halogenated alkanes) is 3. The summed E-state index contributed by atoms with van der Waals surface area (Å²) in [5.41, 5.74) is -2.24. The molecule has 0 fully saturated rings. The van der Waals surface area contributed by atoms with Gasteiger partial charge < -0.3 is 19.8 Å². The first kappa shape index (κ1) is 25.4. The first-order chi connectivity index (χ1) is 10.1. The van der Waals surface area contributed by atoms with Gasteiger partial charge in [-0.15, -0.1) is 0 Å². The van der Waals surface area contributed by atoms with Crippen molar-refractivity contribution >= 4 is 59.8 Å². The molecule has 9 heteroatoms. The van der Waals surface area contributed by atoms with E-state index in [9.17, 15) is 32.8 Å². The predicted molar refractivity (Wildman–Crippen MR) is 81.8 cm³/mol. The van der Waals surface area contributed by atoms with Gasteiger partial charge in [-0.3, -0.25) is 4.55 Å². The Morgan fingerprint density at radius 3 is 1.70 bits per heavy atom. The van der Waals surface area contributed by atoms with Gasteiger partial charge in [0.1, 0.15) is 4.75 Å². The fourth-order valence-electron chi connectivity index (χ4n) is 3.09. The smallest absolute Gasteiger partial charge is 0.549 e. The van der Waals surface area contributed by atoms with E-state index in [1.165, 1.54) is 13.8 Å². The summed E-state index contributed by atoms with van der Waals surface area (Å²) in [5.74, 6) is -3.91. The van der Waals surface area contributed by atoms with Crippen molar-refractivity contribution in [1.29, 1.82) is 0 Å². The van der Waals surface area contributed by atoms with Crippen molar-refractivity contribution in [2.75, 3.05) is 0 Å². The average molecular weight is 376 g/mol. The quantitative estimate of drug-likeness (QED) is 0.292. The zero-order chi connectivity index (χ0) is 17.6. The van der Waals surface area contributed by atoms with E-state index in [1.54, 1.807) is 0 Å². The average Bonchev–Trinajstić information content (AvgIpc) is 2.40. The molecular weight excluding hydrogens is 352 g/mol. The molecule has 0 aliphatic carbocycles. The molecule has 7 nitrogen and oxygen atoms in total. The normalized spacial score (nSPS) is 14.6. The van der Waals surface area contributed by atoms with E-state index in [4.69, 9.17) is 0 Å². The molecule has 0 aromatic carbocycles. The van der Waals surface area contributed by atoms with Crippen LogP contribution in [0.2, 0.25) is 0 Å². The number of carboxylic acids is 2. The monoisotopic (exact) mass is 376 g/mol. The first-order valence-corrected chi connectivity index (χ1v) is 8.91. The molecule has 0 amide bonds. The minimum Gasteiger partial charge on any atom is -0.549 e. The fraction of sp³-hybridized carbons (Fsp3) is 0.857. The van der Waals surface area contributed by atoms with E-state index >= 15 is 0 Å². The Morgan fingerprint density at radius 2 is 1.43 bits per heavy atom. The maximum absolute atomic E-state index is 11.9. The van der Waals surface area contributed by atoms with Crippen molar-refractivity contribution in [1.82, 2.24) is 0 Å². The molecule has 0 radical (unpaired) electrons. The summed E-state index contributed by atoms with van der Waals surface area (Å²) >= 11 is 0. The first-order valence-electron chi connectivity index (χ1n) is 7.47. The van der Waals surface area contributed by atoms with Crippen LogP contribution in [-0.4, -0.2) is 67.4 Å². The molecule has 0 aliphatic heterocycles. The van der Waals surface area contributed by atoms with Crippen LogP contribution in [0.25, 0.3) is 0 Å². The second-order valence-corrected chi connectivity index (χ2v) is 7.12. The van der Waals surface area contributed by atoms with Crippen LogP contribution in [0, 0.1) is 5.41 Å². The van der Waals surface area contributed by atoms with Crippen molar-refractivity contribution in [3.05, 3.63) is 0 Å². The Hall–Kier alpha value is 0.110. The van der Waals surface area contributed by atoms with E-state index in [0.29, 0.717) is 6.42 Å². The maximum atomic E-state index is 11.9. The van der Waals surface area contributed by atoms with Crippen LogP contribution in [-0.2, 0) is 19.7 Å². The van der Waals surface area contributed by atoms with Crippen LogP contribution in [0.1, 0.15) is 65.7 Å². The molecular formula is C14H24CaO7S. The zero-order valence-electron chi connectivity index (χ0n) is 14.0.